The quantitative estimate of drug-likeness (QED) is 0.715. The summed E-state index contributed by atoms with van der Waals surface area (Å²) >= 11 is 6.00. The van der Waals surface area contributed by atoms with Gasteiger partial charge in [-0.3, -0.25) is 0 Å². The molecule has 0 heterocycles. The Kier molecular flexibility index (Phi) is 7.11. The highest BCUT2D eigenvalue weighted by molar-refractivity contribution is 6.30. The van der Waals surface area contributed by atoms with Gasteiger partial charge in [-0.2, -0.15) is 0 Å². The van der Waals surface area contributed by atoms with Gasteiger partial charge in [-0.15, -0.1) is 0 Å². The number of hydrogen-bond donors (Lipinski definition) is 2. The van der Waals surface area contributed by atoms with Crippen LogP contribution in [-0.2, 0) is 11.2 Å². The summed E-state index contributed by atoms with van der Waals surface area (Å²) in [6, 6.07) is 14.5. The number of benzene rings is 2. The van der Waals surface area contributed by atoms with Gasteiger partial charge in [-0.05, 0) is 62.6 Å². The van der Waals surface area contributed by atoms with Crippen molar-refractivity contribution in [1.29, 1.82) is 0 Å². The molecule has 0 saturated heterocycles. The highest BCUT2D eigenvalue weighted by atomic mass is 35.5. The van der Waals surface area contributed by atoms with Gasteiger partial charge in [0.05, 0.1) is 12.6 Å². The van der Waals surface area contributed by atoms with Crippen LogP contribution in [0.5, 0.6) is 0 Å². The summed E-state index contributed by atoms with van der Waals surface area (Å²) < 4.78 is 5.50. The van der Waals surface area contributed by atoms with E-state index in [1.165, 1.54) is 4.90 Å². The summed E-state index contributed by atoms with van der Waals surface area (Å²) in [6.07, 6.45) is -0.691. The van der Waals surface area contributed by atoms with E-state index in [2.05, 4.69) is 0 Å². The topological polar surface area (TPSA) is 75.8 Å². The van der Waals surface area contributed by atoms with Gasteiger partial charge in [-0.25, -0.2) is 4.79 Å². The first-order valence-corrected chi connectivity index (χ1v) is 9.28. The highest BCUT2D eigenvalue weighted by Gasteiger charge is 2.24. The molecule has 3 N–H and O–H groups in total. The summed E-state index contributed by atoms with van der Waals surface area (Å²) in [5.41, 5.74) is 7.50. The first-order chi connectivity index (χ1) is 12.6. The number of hydrogen-bond acceptors (Lipinski definition) is 4. The number of aliphatic hydroxyl groups excluding tert-OH is 1. The van der Waals surface area contributed by atoms with Crippen molar-refractivity contribution in [1.82, 2.24) is 4.90 Å². The van der Waals surface area contributed by atoms with Gasteiger partial charge in [-0.1, -0.05) is 35.9 Å². The maximum Gasteiger partial charge on any atom is 0.410 e. The van der Waals surface area contributed by atoms with E-state index < -0.39 is 17.8 Å². The molecule has 0 radical (unpaired) electrons. The fourth-order valence-corrected chi connectivity index (χ4v) is 2.76. The number of nitrogens with zero attached hydrogens (tertiary/aromatic N) is 1. The molecule has 0 aliphatic heterocycles. The Labute approximate surface area is 165 Å². The lowest BCUT2D eigenvalue weighted by molar-refractivity contribution is 0.0147. The minimum Gasteiger partial charge on any atom is -0.444 e. The van der Waals surface area contributed by atoms with Crippen LogP contribution in [0, 0.1) is 0 Å². The first-order valence-electron chi connectivity index (χ1n) is 8.90. The van der Waals surface area contributed by atoms with E-state index in [9.17, 15) is 9.90 Å². The van der Waals surface area contributed by atoms with Crippen LogP contribution in [0.3, 0.4) is 0 Å². The van der Waals surface area contributed by atoms with Gasteiger partial charge in [0.15, 0.2) is 0 Å². The van der Waals surface area contributed by atoms with Gasteiger partial charge < -0.3 is 20.5 Å². The van der Waals surface area contributed by atoms with E-state index in [1.54, 1.807) is 24.3 Å². The average Bonchev–Trinajstić information content (AvgIpc) is 2.58. The van der Waals surface area contributed by atoms with Gasteiger partial charge in [0.1, 0.15) is 5.60 Å². The second-order valence-corrected chi connectivity index (χ2v) is 7.93. The zero-order chi connectivity index (χ0) is 20.0. The molecule has 0 aliphatic carbocycles. The maximum absolute atomic E-state index is 12.6. The van der Waals surface area contributed by atoms with E-state index in [0.717, 1.165) is 5.56 Å². The summed E-state index contributed by atoms with van der Waals surface area (Å²) in [4.78, 5) is 14.1. The number of amides is 1. The third-order valence-electron chi connectivity index (χ3n) is 3.93. The van der Waals surface area contributed by atoms with Crippen molar-refractivity contribution in [3.63, 3.8) is 0 Å². The molecule has 1 amide bonds. The molecule has 0 aliphatic rings. The number of ether oxygens (including phenoxy) is 1. The van der Waals surface area contributed by atoms with Crippen molar-refractivity contribution >= 4 is 23.4 Å². The number of carbonyl (C=O) groups is 1. The lowest BCUT2D eigenvalue weighted by atomic mass is 10.1. The molecule has 0 aromatic heterocycles. The zero-order valence-electron chi connectivity index (χ0n) is 16.0. The van der Waals surface area contributed by atoms with Gasteiger partial charge in [0.25, 0.3) is 0 Å². The second kappa shape index (κ2) is 9.11. The van der Waals surface area contributed by atoms with Crippen molar-refractivity contribution < 1.29 is 14.6 Å². The molecule has 6 heteroatoms. The molecular weight excluding hydrogens is 364 g/mol. The van der Waals surface area contributed by atoms with Crippen LogP contribution in [0.15, 0.2) is 48.5 Å². The van der Waals surface area contributed by atoms with Crippen molar-refractivity contribution in [2.24, 2.45) is 0 Å². The largest absolute Gasteiger partial charge is 0.444 e. The number of nitrogen functional groups attached to an aromatic ring is 1. The number of halogens is 1. The molecule has 0 fully saturated rings. The van der Waals surface area contributed by atoms with Crippen LogP contribution in [0.25, 0.3) is 0 Å². The molecule has 146 valence electrons. The van der Waals surface area contributed by atoms with Crippen LogP contribution in [0.4, 0.5) is 10.5 Å². The Morgan fingerprint density at radius 2 is 1.89 bits per heavy atom. The van der Waals surface area contributed by atoms with Crippen LogP contribution in [-0.4, -0.2) is 34.8 Å². The van der Waals surface area contributed by atoms with Crippen LogP contribution in [0.1, 0.15) is 38.0 Å². The number of nitrogens with two attached hydrogens (primary N) is 1. The van der Waals surface area contributed by atoms with E-state index >= 15 is 0 Å². The number of anilines is 1. The van der Waals surface area contributed by atoms with Gasteiger partial charge in [0.2, 0.25) is 0 Å². The SMILES string of the molecule is CC(C)(C)OC(=O)N(CCc1ccc(N)cc1)C[C@@H](O)c1cccc(Cl)c1. The molecule has 0 spiro atoms. The lowest BCUT2D eigenvalue weighted by Gasteiger charge is -2.29. The first kappa shape index (κ1) is 21.1. The highest BCUT2D eigenvalue weighted by Crippen LogP contribution is 2.20. The van der Waals surface area contributed by atoms with Crippen molar-refractivity contribution in [2.45, 2.75) is 38.9 Å². The van der Waals surface area contributed by atoms with Crippen LogP contribution in [0.2, 0.25) is 5.02 Å². The molecule has 27 heavy (non-hydrogen) atoms. The predicted molar refractivity (Wildman–Crippen MR) is 109 cm³/mol. The Morgan fingerprint density at radius 3 is 2.48 bits per heavy atom. The van der Waals surface area contributed by atoms with E-state index in [-0.39, 0.29) is 6.54 Å². The Bertz CT molecular complexity index is 757. The maximum atomic E-state index is 12.6. The third kappa shape index (κ3) is 7.12. The monoisotopic (exact) mass is 390 g/mol. The van der Waals surface area contributed by atoms with E-state index in [0.29, 0.717) is 29.2 Å². The number of carbonyl (C=O) groups excluding carboxylic acids is 1. The fourth-order valence-electron chi connectivity index (χ4n) is 2.56. The number of aliphatic hydroxyl groups is 1. The molecule has 1 atom stereocenters. The number of rotatable bonds is 6. The smallest absolute Gasteiger partial charge is 0.410 e. The van der Waals surface area contributed by atoms with Crippen LogP contribution < -0.4 is 5.73 Å². The lowest BCUT2D eigenvalue weighted by Crippen LogP contribution is -2.40. The van der Waals surface area contributed by atoms with Crippen molar-refractivity contribution in [3.8, 4) is 0 Å². The molecule has 2 aromatic rings. The second-order valence-electron chi connectivity index (χ2n) is 7.49. The predicted octanol–water partition coefficient (Wildman–Crippen LogP) is 4.44. The Morgan fingerprint density at radius 1 is 1.22 bits per heavy atom. The van der Waals surface area contributed by atoms with Crippen molar-refractivity contribution in [3.05, 3.63) is 64.7 Å². The molecule has 0 saturated carbocycles. The molecule has 5 nitrogen and oxygen atoms in total. The summed E-state index contributed by atoms with van der Waals surface area (Å²) in [5.74, 6) is 0. The van der Waals surface area contributed by atoms with E-state index in [1.807, 2.05) is 45.0 Å². The Balaban J connectivity index is 2.10. The van der Waals surface area contributed by atoms with Crippen molar-refractivity contribution in [2.75, 3.05) is 18.8 Å². The molecule has 0 bridgehead atoms. The minimum absolute atomic E-state index is 0.115. The molecule has 0 unspecified atom stereocenters. The molecular formula is C21H27ClN2O3. The standard InChI is InChI=1S/C21H27ClN2O3/c1-21(2,3)27-20(26)24(12-11-15-7-9-18(23)10-8-15)14-19(25)16-5-4-6-17(22)13-16/h4-10,13,19,25H,11-12,14,23H2,1-3H3/t19-/m1/s1. The molecule has 2 aromatic carbocycles. The van der Waals surface area contributed by atoms with Gasteiger partial charge >= 0.3 is 6.09 Å². The third-order valence-corrected chi connectivity index (χ3v) is 4.16. The summed E-state index contributed by atoms with van der Waals surface area (Å²) in [5, 5.41) is 11.1. The van der Waals surface area contributed by atoms with E-state index in [4.69, 9.17) is 22.1 Å². The summed E-state index contributed by atoms with van der Waals surface area (Å²) in [7, 11) is 0. The van der Waals surface area contributed by atoms with Gasteiger partial charge in [0, 0.05) is 17.3 Å². The minimum atomic E-state index is -0.859. The molecule has 2 rings (SSSR count). The summed E-state index contributed by atoms with van der Waals surface area (Å²) in [6.45, 7) is 5.98. The fraction of sp³-hybridized carbons (Fsp3) is 0.381. The van der Waals surface area contributed by atoms with Crippen LogP contribution >= 0.6 is 11.6 Å². The Hall–Kier alpha value is -2.24. The normalized spacial score (nSPS) is 12.5. The average molecular weight is 391 g/mol. The zero-order valence-corrected chi connectivity index (χ0v) is 16.7.